The molecule has 2 aromatic rings. The van der Waals surface area contributed by atoms with Crippen LogP contribution in [0.3, 0.4) is 0 Å². The van der Waals surface area contributed by atoms with Gasteiger partial charge < -0.3 is 10.1 Å². The fourth-order valence-corrected chi connectivity index (χ4v) is 2.37. The molecule has 1 heterocycles. The largest absolute Gasteiger partial charge is 0.494 e. The van der Waals surface area contributed by atoms with Gasteiger partial charge in [0.2, 0.25) is 0 Å². The maximum Gasteiger partial charge on any atom is 0.256 e. The number of amidine groups is 1. The minimum Gasteiger partial charge on any atom is -0.494 e. The Balaban J connectivity index is 1.73. The van der Waals surface area contributed by atoms with E-state index in [1.165, 1.54) is 5.01 Å². The third kappa shape index (κ3) is 3.43. The molecule has 2 amide bonds. The van der Waals surface area contributed by atoms with E-state index >= 15 is 0 Å². The standard InChI is InChI=1S/C18H17N3O3/c1-2-24-15-10-6-7-13(11-15)18(23)19-16-12-17(22)21(20-16)14-8-4-3-5-9-14/h3-11H,2,12H2,1H3,(H,19,20,23). The lowest BCUT2D eigenvalue weighted by Gasteiger charge is -2.10. The molecule has 1 aliphatic heterocycles. The highest BCUT2D eigenvalue weighted by Crippen LogP contribution is 2.19. The monoisotopic (exact) mass is 323 g/mol. The number of benzene rings is 2. The van der Waals surface area contributed by atoms with Gasteiger partial charge in [0.25, 0.3) is 11.8 Å². The Morgan fingerprint density at radius 2 is 2.00 bits per heavy atom. The molecular formula is C18H17N3O3. The topological polar surface area (TPSA) is 71.0 Å². The molecule has 0 saturated heterocycles. The highest BCUT2D eigenvalue weighted by atomic mass is 16.5. The van der Waals surface area contributed by atoms with Gasteiger partial charge in [0.05, 0.1) is 18.7 Å². The first-order valence-electron chi connectivity index (χ1n) is 7.67. The van der Waals surface area contributed by atoms with Crippen molar-refractivity contribution in [3.63, 3.8) is 0 Å². The van der Waals surface area contributed by atoms with Gasteiger partial charge in [-0.15, -0.1) is 0 Å². The predicted octanol–water partition coefficient (Wildman–Crippen LogP) is 2.57. The van der Waals surface area contributed by atoms with Crippen LogP contribution in [-0.4, -0.2) is 24.3 Å². The summed E-state index contributed by atoms with van der Waals surface area (Å²) >= 11 is 0. The lowest BCUT2D eigenvalue weighted by Crippen LogP contribution is -2.29. The van der Waals surface area contributed by atoms with Gasteiger partial charge in [-0.1, -0.05) is 24.3 Å². The molecule has 0 radical (unpaired) electrons. The minimum absolute atomic E-state index is 0.0613. The second kappa shape index (κ2) is 6.95. The van der Waals surface area contributed by atoms with Crippen LogP contribution >= 0.6 is 0 Å². The van der Waals surface area contributed by atoms with Crippen molar-refractivity contribution in [3.05, 3.63) is 60.2 Å². The number of carbonyl (C=O) groups is 2. The predicted molar refractivity (Wildman–Crippen MR) is 91.1 cm³/mol. The summed E-state index contributed by atoms with van der Waals surface area (Å²) in [6, 6.07) is 16.0. The van der Waals surface area contributed by atoms with Crippen LogP contribution in [0.2, 0.25) is 0 Å². The quantitative estimate of drug-likeness (QED) is 0.940. The second-order valence-corrected chi connectivity index (χ2v) is 5.18. The van der Waals surface area contributed by atoms with Crippen molar-refractivity contribution in [1.82, 2.24) is 5.32 Å². The molecule has 3 rings (SSSR count). The molecule has 0 fully saturated rings. The maximum atomic E-state index is 12.3. The molecule has 0 bridgehead atoms. The van der Waals surface area contributed by atoms with Crippen LogP contribution in [0.4, 0.5) is 5.69 Å². The summed E-state index contributed by atoms with van der Waals surface area (Å²) in [4.78, 5) is 24.4. The lowest BCUT2D eigenvalue weighted by molar-refractivity contribution is -0.116. The average molecular weight is 323 g/mol. The average Bonchev–Trinajstić information content (AvgIpc) is 2.96. The molecule has 0 unspecified atom stereocenters. The highest BCUT2D eigenvalue weighted by molar-refractivity contribution is 6.17. The summed E-state index contributed by atoms with van der Waals surface area (Å²) in [5.74, 6) is 0.453. The summed E-state index contributed by atoms with van der Waals surface area (Å²) in [6.45, 7) is 2.40. The lowest BCUT2D eigenvalue weighted by atomic mass is 10.2. The van der Waals surface area contributed by atoms with Crippen molar-refractivity contribution in [2.75, 3.05) is 11.6 Å². The first kappa shape index (κ1) is 15.7. The molecule has 1 aliphatic rings. The van der Waals surface area contributed by atoms with Gasteiger partial charge in [0, 0.05) is 5.56 Å². The fourth-order valence-electron chi connectivity index (χ4n) is 2.37. The van der Waals surface area contributed by atoms with Gasteiger partial charge in [0.15, 0.2) is 0 Å². The van der Waals surface area contributed by atoms with Gasteiger partial charge >= 0.3 is 0 Å². The molecule has 6 heteroatoms. The van der Waals surface area contributed by atoms with E-state index < -0.39 is 0 Å². The summed E-state index contributed by atoms with van der Waals surface area (Å²) in [7, 11) is 0. The summed E-state index contributed by atoms with van der Waals surface area (Å²) in [6.07, 6.45) is 0.0613. The van der Waals surface area contributed by atoms with Crippen LogP contribution in [0.5, 0.6) is 5.75 Å². The van der Waals surface area contributed by atoms with Crippen molar-refractivity contribution in [1.29, 1.82) is 0 Å². The molecular weight excluding hydrogens is 306 g/mol. The summed E-state index contributed by atoms with van der Waals surface area (Å²) in [5, 5.41) is 8.19. The number of ether oxygens (including phenoxy) is 1. The number of hydrazone groups is 1. The van der Waals surface area contributed by atoms with Crippen molar-refractivity contribution < 1.29 is 14.3 Å². The van der Waals surface area contributed by atoms with Gasteiger partial charge in [-0.2, -0.15) is 10.1 Å². The summed E-state index contributed by atoms with van der Waals surface area (Å²) in [5.41, 5.74) is 1.12. The van der Waals surface area contributed by atoms with E-state index in [4.69, 9.17) is 4.74 Å². The molecule has 0 aromatic heterocycles. The Bertz CT molecular complexity index is 787. The van der Waals surface area contributed by atoms with Crippen LogP contribution < -0.4 is 15.1 Å². The van der Waals surface area contributed by atoms with Crippen LogP contribution in [0, 0.1) is 0 Å². The van der Waals surface area contributed by atoms with E-state index in [1.807, 2.05) is 25.1 Å². The van der Waals surface area contributed by atoms with E-state index in [0.717, 1.165) is 0 Å². The third-order valence-electron chi connectivity index (χ3n) is 3.44. The number of carbonyl (C=O) groups excluding carboxylic acids is 2. The number of para-hydroxylation sites is 1. The Hall–Kier alpha value is -3.15. The zero-order valence-electron chi connectivity index (χ0n) is 13.2. The number of rotatable bonds is 4. The van der Waals surface area contributed by atoms with E-state index in [-0.39, 0.29) is 18.2 Å². The number of nitrogens with zero attached hydrogens (tertiary/aromatic N) is 2. The van der Waals surface area contributed by atoms with Crippen molar-refractivity contribution >= 4 is 23.3 Å². The molecule has 0 atom stereocenters. The van der Waals surface area contributed by atoms with Crippen molar-refractivity contribution in [2.24, 2.45) is 5.10 Å². The van der Waals surface area contributed by atoms with Crippen LogP contribution in [0.1, 0.15) is 23.7 Å². The first-order chi connectivity index (χ1) is 11.7. The van der Waals surface area contributed by atoms with Crippen molar-refractivity contribution in [3.8, 4) is 5.75 Å². The van der Waals surface area contributed by atoms with E-state index in [1.54, 1.807) is 36.4 Å². The maximum absolute atomic E-state index is 12.3. The SMILES string of the molecule is CCOc1cccc(C(=O)NC2=NN(c3ccccc3)C(=O)C2)c1. The van der Waals surface area contributed by atoms with Crippen LogP contribution in [-0.2, 0) is 4.79 Å². The molecule has 1 N–H and O–H groups in total. The smallest absolute Gasteiger partial charge is 0.256 e. The molecule has 0 saturated carbocycles. The van der Waals surface area contributed by atoms with Crippen LogP contribution in [0.25, 0.3) is 0 Å². The van der Waals surface area contributed by atoms with Crippen molar-refractivity contribution in [2.45, 2.75) is 13.3 Å². The number of hydrogen-bond acceptors (Lipinski definition) is 4. The van der Waals surface area contributed by atoms with Gasteiger partial charge in [-0.25, -0.2) is 0 Å². The third-order valence-corrected chi connectivity index (χ3v) is 3.44. The van der Waals surface area contributed by atoms with E-state index in [2.05, 4.69) is 10.4 Å². The normalized spacial score (nSPS) is 13.6. The number of anilines is 1. The molecule has 6 nitrogen and oxygen atoms in total. The number of amides is 2. The minimum atomic E-state index is -0.321. The van der Waals surface area contributed by atoms with Gasteiger partial charge in [-0.3, -0.25) is 9.59 Å². The second-order valence-electron chi connectivity index (χ2n) is 5.18. The zero-order valence-corrected chi connectivity index (χ0v) is 13.2. The highest BCUT2D eigenvalue weighted by Gasteiger charge is 2.26. The Kier molecular flexibility index (Phi) is 4.56. The molecule has 0 aliphatic carbocycles. The van der Waals surface area contributed by atoms with Gasteiger partial charge in [-0.05, 0) is 37.3 Å². The Morgan fingerprint density at radius 1 is 1.21 bits per heavy atom. The Morgan fingerprint density at radius 3 is 2.75 bits per heavy atom. The van der Waals surface area contributed by atoms with Crippen LogP contribution in [0.15, 0.2) is 59.7 Å². The number of hydrogen-bond donors (Lipinski definition) is 1. The molecule has 0 spiro atoms. The fraction of sp³-hybridized carbons (Fsp3) is 0.167. The molecule has 122 valence electrons. The number of nitrogens with one attached hydrogen (secondary N) is 1. The Labute approximate surface area is 139 Å². The molecule has 24 heavy (non-hydrogen) atoms. The summed E-state index contributed by atoms with van der Waals surface area (Å²) < 4.78 is 5.39. The molecule has 2 aromatic carbocycles. The zero-order chi connectivity index (χ0) is 16.9. The van der Waals surface area contributed by atoms with E-state index in [0.29, 0.717) is 29.4 Å². The van der Waals surface area contributed by atoms with Gasteiger partial charge in [0.1, 0.15) is 11.6 Å². The first-order valence-corrected chi connectivity index (χ1v) is 7.67. The van der Waals surface area contributed by atoms with E-state index in [9.17, 15) is 9.59 Å².